The van der Waals surface area contributed by atoms with E-state index in [0.717, 1.165) is 12.8 Å². The highest BCUT2D eigenvalue weighted by molar-refractivity contribution is 5.83. The van der Waals surface area contributed by atoms with E-state index in [-0.39, 0.29) is 5.41 Å². The maximum absolute atomic E-state index is 12.2. The second-order valence-corrected chi connectivity index (χ2v) is 6.42. The SMILES string of the molecule is CC1=CCC[C@]2(C)CC(=O)[C@@H](C(C)C)C[C@@H]12. The molecule has 1 saturated carbocycles. The monoisotopic (exact) mass is 220 g/mol. The van der Waals surface area contributed by atoms with Gasteiger partial charge in [-0.2, -0.15) is 0 Å². The Balaban J connectivity index is 2.26. The van der Waals surface area contributed by atoms with E-state index in [4.69, 9.17) is 0 Å². The van der Waals surface area contributed by atoms with Crippen LogP contribution in [0.3, 0.4) is 0 Å². The number of ketones is 1. The predicted octanol–water partition coefficient (Wildman–Crippen LogP) is 3.98. The predicted molar refractivity (Wildman–Crippen MR) is 67.2 cm³/mol. The van der Waals surface area contributed by atoms with Crippen LogP contribution in [0.1, 0.15) is 53.4 Å². The quantitative estimate of drug-likeness (QED) is 0.611. The van der Waals surface area contributed by atoms with Crippen LogP contribution in [-0.4, -0.2) is 5.78 Å². The van der Waals surface area contributed by atoms with Crippen LogP contribution in [0.15, 0.2) is 11.6 Å². The Bertz CT molecular complexity index is 326. The Morgan fingerprint density at radius 3 is 2.75 bits per heavy atom. The van der Waals surface area contributed by atoms with Gasteiger partial charge in [0.1, 0.15) is 5.78 Å². The van der Waals surface area contributed by atoms with Crippen molar-refractivity contribution in [3.63, 3.8) is 0 Å². The van der Waals surface area contributed by atoms with E-state index in [1.807, 2.05) is 0 Å². The molecule has 16 heavy (non-hydrogen) atoms. The Morgan fingerprint density at radius 2 is 2.12 bits per heavy atom. The summed E-state index contributed by atoms with van der Waals surface area (Å²) >= 11 is 0. The number of fused-ring (bicyclic) bond motifs is 1. The van der Waals surface area contributed by atoms with E-state index < -0.39 is 0 Å². The first-order chi connectivity index (χ1) is 7.44. The summed E-state index contributed by atoms with van der Waals surface area (Å²) in [5.74, 6) is 1.99. The van der Waals surface area contributed by atoms with Crippen molar-refractivity contribution in [1.82, 2.24) is 0 Å². The van der Waals surface area contributed by atoms with Gasteiger partial charge in [-0.25, -0.2) is 0 Å². The van der Waals surface area contributed by atoms with Gasteiger partial charge < -0.3 is 0 Å². The normalized spacial score (nSPS) is 39.6. The Labute approximate surface area is 99.3 Å². The number of carbonyl (C=O) groups excluding carboxylic acids is 1. The maximum atomic E-state index is 12.2. The molecule has 0 unspecified atom stereocenters. The first kappa shape index (κ1) is 11.9. The summed E-state index contributed by atoms with van der Waals surface area (Å²) in [5, 5.41) is 0. The van der Waals surface area contributed by atoms with Gasteiger partial charge in [-0.1, -0.05) is 32.4 Å². The van der Waals surface area contributed by atoms with Crippen LogP contribution in [0.25, 0.3) is 0 Å². The van der Waals surface area contributed by atoms with Crippen molar-refractivity contribution in [3.05, 3.63) is 11.6 Å². The summed E-state index contributed by atoms with van der Waals surface area (Å²) in [4.78, 5) is 12.2. The van der Waals surface area contributed by atoms with Crippen molar-refractivity contribution in [1.29, 1.82) is 0 Å². The summed E-state index contributed by atoms with van der Waals surface area (Å²) < 4.78 is 0. The van der Waals surface area contributed by atoms with E-state index >= 15 is 0 Å². The molecule has 0 radical (unpaired) electrons. The van der Waals surface area contributed by atoms with Crippen LogP contribution in [0.2, 0.25) is 0 Å². The summed E-state index contributed by atoms with van der Waals surface area (Å²) in [5.41, 5.74) is 1.80. The smallest absolute Gasteiger partial charge is 0.136 e. The summed E-state index contributed by atoms with van der Waals surface area (Å²) in [6.07, 6.45) is 6.66. The van der Waals surface area contributed by atoms with Gasteiger partial charge in [0.25, 0.3) is 0 Å². The lowest BCUT2D eigenvalue weighted by molar-refractivity contribution is -0.132. The average molecular weight is 220 g/mol. The number of hydrogen-bond donors (Lipinski definition) is 0. The minimum absolute atomic E-state index is 0.265. The molecule has 0 aromatic rings. The number of carbonyl (C=O) groups is 1. The van der Waals surface area contributed by atoms with Gasteiger partial charge in [0.2, 0.25) is 0 Å². The first-order valence-electron chi connectivity index (χ1n) is 6.63. The molecule has 0 heterocycles. The molecule has 1 heteroatoms. The number of hydrogen-bond acceptors (Lipinski definition) is 1. The zero-order valence-electron chi connectivity index (χ0n) is 11.0. The number of Topliss-reactive ketones (excluding diaryl/α,β-unsaturated/α-hetero) is 1. The van der Waals surface area contributed by atoms with Crippen molar-refractivity contribution in [3.8, 4) is 0 Å². The molecule has 0 spiro atoms. The fourth-order valence-corrected chi connectivity index (χ4v) is 3.74. The molecule has 2 aliphatic carbocycles. The molecule has 2 rings (SSSR count). The van der Waals surface area contributed by atoms with Crippen LogP contribution in [0.4, 0.5) is 0 Å². The van der Waals surface area contributed by atoms with Crippen molar-refractivity contribution in [2.24, 2.45) is 23.2 Å². The lowest BCUT2D eigenvalue weighted by Gasteiger charge is -2.47. The maximum Gasteiger partial charge on any atom is 0.136 e. The molecule has 0 aromatic carbocycles. The fraction of sp³-hybridized carbons (Fsp3) is 0.800. The Kier molecular flexibility index (Phi) is 2.98. The standard InChI is InChI=1S/C15H24O/c1-10(2)12-8-13-11(3)6-5-7-15(13,4)9-14(12)16/h6,10,12-13H,5,7-9H2,1-4H3/t12-,13+,15-/m1/s1. The lowest BCUT2D eigenvalue weighted by atomic mass is 9.56. The van der Waals surface area contributed by atoms with Crippen LogP contribution in [0, 0.1) is 23.2 Å². The molecule has 2 aliphatic rings. The lowest BCUT2D eigenvalue weighted by Crippen LogP contribution is -2.43. The largest absolute Gasteiger partial charge is 0.299 e. The van der Waals surface area contributed by atoms with E-state index in [1.54, 1.807) is 0 Å². The van der Waals surface area contributed by atoms with Gasteiger partial charge in [0.05, 0.1) is 0 Å². The Morgan fingerprint density at radius 1 is 1.44 bits per heavy atom. The van der Waals surface area contributed by atoms with Gasteiger partial charge >= 0.3 is 0 Å². The Hall–Kier alpha value is -0.590. The molecule has 1 fully saturated rings. The summed E-state index contributed by atoms with van der Waals surface area (Å²) in [6, 6.07) is 0. The van der Waals surface area contributed by atoms with Gasteiger partial charge in [0.15, 0.2) is 0 Å². The van der Waals surface area contributed by atoms with E-state index in [2.05, 4.69) is 33.8 Å². The van der Waals surface area contributed by atoms with Crippen molar-refractivity contribution in [2.45, 2.75) is 53.4 Å². The number of allylic oxidation sites excluding steroid dienone is 2. The minimum Gasteiger partial charge on any atom is -0.299 e. The molecule has 0 aliphatic heterocycles. The zero-order valence-corrected chi connectivity index (χ0v) is 11.0. The fourth-order valence-electron chi connectivity index (χ4n) is 3.74. The van der Waals surface area contributed by atoms with Crippen molar-refractivity contribution >= 4 is 5.78 Å². The number of rotatable bonds is 1. The molecule has 0 saturated heterocycles. The summed E-state index contributed by atoms with van der Waals surface area (Å²) in [7, 11) is 0. The highest BCUT2D eigenvalue weighted by Crippen LogP contribution is 2.51. The van der Waals surface area contributed by atoms with Gasteiger partial charge in [-0.15, -0.1) is 0 Å². The molecule has 3 atom stereocenters. The van der Waals surface area contributed by atoms with E-state index in [9.17, 15) is 4.79 Å². The third-order valence-electron chi connectivity index (χ3n) is 4.86. The van der Waals surface area contributed by atoms with Crippen LogP contribution in [-0.2, 0) is 4.79 Å². The highest BCUT2D eigenvalue weighted by atomic mass is 16.1. The highest BCUT2D eigenvalue weighted by Gasteiger charge is 2.46. The van der Waals surface area contributed by atoms with Crippen LogP contribution in [0.5, 0.6) is 0 Å². The molecule has 0 N–H and O–H groups in total. The topological polar surface area (TPSA) is 17.1 Å². The molecular weight excluding hydrogens is 196 g/mol. The molecule has 0 bridgehead atoms. The molecule has 0 amide bonds. The molecular formula is C15H24O. The van der Waals surface area contributed by atoms with Gasteiger partial charge in [0, 0.05) is 12.3 Å². The average Bonchev–Trinajstić information content (AvgIpc) is 2.15. The molecule has 0 aromatic heterocycles. The van der Waals surface area contributed by atoms with Gasteiger partial charge in [-0.05, 0) is 43.4 Å². The van der Waals surface area contributed by atoms with Crippen molar-refractivity contribution in [2.75, 3.05) is 0 Å². The minimum atomic E-state index is 0.265. The third kappa shape index (κ3) is 1.85. The van der Waals surface area contributed by atoms with Gasteiger partial charge in [-0.3, -0.25) is 4.79 Å². The molecule has 90 valence electrons. The first-order valence-corrected chi connectivity index (χ1v) is 6.63. The summed E-state index contributed by atoms with van der Waals surface area (Å²) in [6.45, 7) is 8.96. The van der Waals surface area contributed by atoms with Crippen LogP contribution >= 0.6 is 0 Å². The third-order valence-corrected chi connectivity index (χ3v) is 4.86. The zero-order chi connectivity index (χ0) is 11.9. The molecule has 1 nitrogen and oxygen atoms in total. The van der Waals surface area contributed by atoms with Crippen LogP contribution < -0.4 is 0 Å². The second kappa shape index (κ2) is 4.01. The second-order valence-electron chi connectivity index (χ2n) is 6.42. The van der Waals surface area contributed by atoms with E-state index in [0.29, 0.717) is 23.5 Å². The van der Waals surface area contributed by atoms with Crippen molar-refractivity contribution < 1.29 is 4.79 Å². The van der Waals surface area contributed by atoms with E-state index in [1.165, 1.54) is 18.4 Å².